The van der Waals surface area contributed by atoms with Crippen LogP contribution >= 0.6 is 0 Å². The molecule has 1 amide bonds. The number of hydrazone groups is 1. The van der Waals surface area contributed by atoms with Gasteiger partial charge in [0.2, 0.25) is 0 Å². The Morgan fingerprint density at radius 2 is 1.85 bits per heavy atom. The molecule has 0 heterocycles. The quantitative estimate of drug-likeness (QED) is 0.582. The minimum atomic E-state index is -0.334. The second kappa shape index (κ2) is 9.46. The van der Waals surface area contributed by atoms with E-state index in [4.69, 9.17) is 14.2 Å². The predicted molar refractivity (Wildman–Crippen MR) is 101 cm³/mol. The first kappa shape index (κ1) is 19.3. The number of nitrogens with zero attached hydrogens (tertiary/aromatic N) is 1. The van der Waals surface area contributed by atoms with E-state index in [-0.39, 0.29) is 12.5 Å². The number of amides is 1. The summed E-state index contributed by atoms with van der Waals surface area (Å²) in [6.45, 7) is 6.31. The Morgan fingerprint density at radius 1 is 1.08 bits per heavy atom. The van der Waals surface area contributed by atoms with E-state index >= 15 is 0 Å². The van der Waals surface area contributed by atoms with Crippen molar-refractivity contribution in [3.05, 3.63) is 53.1 Å². The molecule has 0 aliphatic rings. The highest BCUT2D eigenvalue weighted by atomic mass is 16.5. The number of hydrogen-bond donors (Lipinski definition) is 1. The van der Waals surface area contributed by atoms with Crippen molar-refractivity contribution in [2.45, 2.75) is 20.8 Å². The first-order valence-corrected chi connectivity index (χ1v) is 8.36. The van der Waals surface area contributed by atoms with Gasteiger partial charge in [-0.15, -0.1) is 0 Å². The summed E-state index contributed by atoms with van der Waals surface area (Å²) < 4.78 is 16.3. The average molecular weight is 356 g/mol. The second-order valence-electron chi connectivity index (χ2n) is 5.69. The lowest BCUT2D eigenvalue weighted by Crippen LogP contribution is -2.24. The number of aryl methyl sites for hydroxylation is 2. The average Bonchev–Trinajstić information content (AvgIpc) is 2.62. The van der Waals surface area contributed by atoms with Gasteiger partial charge in [-0.3, -0.25) is 4.79 Å². The SMILES string of the molecule is CCOc1ccc(/C=N/NC(=O)COc2ccc(C)cc2C)cc1OC. The minimum Gasteiger partial charge on any atom is -0.493 e. The van der Waals surface area contributed by atoms with Crippen LogP contribution in [-0.4, -0.2) is 32.4 Å². The van der Waals surface area contributed by atoms with E-state index in [2.05, 4.69) is 10.5 Å². The van der Waals surface area contributed by atoms with Crippen LogP contribution in [0.1, 0.15) is 23.6 Å². The Morgan fingerprint density at radius 3 is 2.54 bits per heavy atom. The topological polar surface area (TPSA) is 69.2 Å². The third kappa shape index (κ3) is 5.51. The summed E-state index contributed by atoms with van der Waals surface area (Å²) in [7, 11) is 1.57. The Labute approximate surface area is 153 Å². The van der Waals surface area contributed by atoms with Gasteiger partial charge in [-0.2, -0.15) is 5.10 Å². The number of benzene rings is 2. The molecule has 0 saturated heterocycles. The van der Waals surface area contributed by atoms with Crippen LogP contribution in [0.5, 0.6) is 17.2 Å². The normalized spacial score (nSPS) is 10.6. The van der Waals surface area contributed by atoms with E-state index in [9.17, 15) is 4.79 Å². The number of methoxy groups -OCH3 is 1. The molecule has 0 fully saturated rings. The monoisotopic (exact) mass is 356 g/mol. The summed E-state index contributed by atoms with van der Waals surface area (Å²) in [5.74, 6) is 1.63. The van der Waals surface area contributed by atoms with E-state index in [1.165, 1.54) is 6.21 Å². The molecule has 0 bridgehead atoms. The Kier molecular flexibility index (Phi) is 7.02. The smallest absolute Gasteiger partial charge is 0.277 e. The van der Waals surface area contributed by atoms with Crippen LogP contribution in [0.15, 0.2) is 41.5 Å². The fourth-order valence-electron chi connectivity index (χ4n) is 2.35. The highest BCUT2D eigenvalue weighted by Gasteiger charge is 2.06. The first-order chi connectivity index (χ1) is 12.5. The minimum absolute atomic E-state index is 0.103. The summed E-state index contributed by atoms with van der Waals surface area (Å²) in [5.41, 5.74) is 5.36. The van der Waals surface area contributed by atoms with Crippen molar-refractivity contribution in [3.8, 4) is 17.2 Å². The lowest BCUT2D eigenvalue weighted by molar-refractivity contribution is -0.123. The third-order valence-electron chi connectivity index (χ3n) is 3.58. The summed E-state index contributed by atoms with van der Waals surface area (Å²) in [4.78, 5) is 11.9. The maximum Gasteiger partial charge on any atom is 0.277 e. The molecule has 6 heteroatoms. The van der Waals surface area contributed by atoms with E-state index in [1.807, 2.05) is 45.0 Å². The first-order valence-electron chi connectivity index (χ1n) is 8.36. The summed E-state index contributed by atoms with van der Waals surface area (Å²) in [6.07, 6.45) is 1.53. The van der Waals surface area contributed by atoms with Crippen molar-refractivity contribution in [3.63, 3.8) is 0 Å². The standard InChI is InChI=1S/C20H24N2O4/c1-5-25-18-9-7-16(11-19(18)24-4)12-21-22-20(23)13-26-17-8-6-14(2)10-15(17)3/h6-12H,5,13H2,1-4H3,(H,22,23)/b21-12+. The maximum atomic E-state index is 11.9. The highest BCUT2D eigenvalue weighted by molar-refractivity contribution is 5.83. The molecule has 0 atom stereocenters. The van der Waals surface area contributed by atoms with E-state index < -0.39 is 0 Å². The number of carbonyl (C=O) groups is 1. The van der Waals surface area contributed by atoms with Crippen LogP contribution in [0.4, 0.5) is 0 Å². The molecule has 0 aliphatic heterocycles. The fourth-order valence-corrected chi connectivity index (χ4v) is 2.35. The summed E-state index contributed by atoms with van der Waals surface area (Å²) in [6, 6.07) is 11.2. The number of hydrogen-bond acceptors (Lipinski definition) is 5. The molecule has 2 aromatic rings. The van der Waals surface area contributed by atoms with Gasteiger partial charge in [0.25, 0.3) is 5.91 Å². The lowest BCUT2D eigenvalue weighted by Gasteiger charge is -2.09. The molecule has 6 nitrogen and oxygen atoms in total. The zero-order valence-electron chi connectivity index (χ0n) is 15.5. The Hall–Kier alpha value is -3.02. The molecular formula is C20H24N2O4. The van der Waals surface area contributed by atoms with Crippen molar-refractivity contribution in [2.75, 3.05) is 20.3 Å². The molecule has 0 aliphatic carbocycles. The van der Waals surface area contributed by atoms with Gasteiger partial charge in [-0.1, -0.05) is 17.7 Å². The number of rotatable bonds is 8. The van der Waals surface area contributed by atoms with Gasteiger partial charge < -0.3 is 14.2 Å². The Balaban J connectivity index is 1.88. The van der Waals surface area contributed by atoms with E-state index in [0.29, 0.717) is 23.9 Å². The van der Waals surface area contributed by atoms with Crippen molar-refractivity contribution < 1.29 is 19.0 Å². The zero-order chi connectivity index (χ0) is 18.9. The van der Waals surface area contributed by atoms with Crippen LogP contribution in [0.3, 0.4) is 0 Å². The van der Waals surface area contributed by atoms with Gasteiger partial charge in [0.15, 0.2) is 18.1 Å². The van der Waals surface area contributed by atoms with E-state index in [0.717, 1.165) is 16.7 Å². The van der Waals surface area contributed by atoms with Crippen molar-refractivity contribution in [2.24, 2.45) is 5.10 Å². The molecule has 2 aromatic carbocycles. The maximum absolute atomic E-state index is 11.9. The van der Waals surface area contributed by atoms with Crippen LogP contribution in [-0.2, 0) is 4.79 Å². The number of nitrogens with one attached hydrogen (secondary N) is 1. The fraction of sp³-hybridized carbons (Fsp3) is 0.300. The molecular weight excluding hydrogens is 332 g/mol. The third-order valence-corrected chi connectivity index (χ3v) is 3.58. The Bertz CT molecular complexity index is 787. The van der Waals surface area contributed by atoms with Crippen LogP contribution in [0, 0.1) is 13.8 Å². The van der Waals surface area contributed by atoms with Gasteiger partial charge in [-0.25, -0.2) is 5.43 Å². The predicted octanol–water partition coefficient (Wildman–Crippen LogP) is 3.24. The van der Waals surface area contributed by atoms with Crippen LogP contribution in [0.2, 0.25) is 0 Å². The zero-order valence-corrected chi connectivity index (χ0v) is 15.5. The molecule has 0 spiro atoms. The van der Waals surface area contributed by atoms with Gasteiger partial charge in [-0.05, 0) is 56.2 Å². The molecule has 26 heavy (non-hydrogen) atoms. The van der Waals surface area contributed by atoms with Crippen LogP contribution in [0.25, 0.3) is 0 Å². The van der Waals surface area contributed by atoms with Gasteiger partial charge in [0.05, 0.1) is 19.9 Å². The molecule has 0 radical (unpaired) electrons. The van der Waals surface area contributed by atoms with Gasteiger partial charge in [0.1, 0.15) is 5.75 Å². The molecule has 0 unspecified atom stereocenters. The second-order valence-corrected chi connectivity index (χ2v) is 5.69. The summed E-state index contributed by atoms with van der Waals surface area (Å²) in [5, 5.41) is 3.94. The number of carbonyl (C=O) groups excluding carboxylic acids is 1. The molecule has 0 saturated carbocycles. The molecule has 138 valence electrons. The lowest BCUT2D eigenvalue weighted by atomic mass is 10.1. The largest absolute Gasteiger partial charge is 0.493 e. The van der Waals surface area contributed by atoms with Crippen molar-refractivity contribution in [1.29, 1.82) is 0 Å². The van der Waals surface area contributed by atoms with Crippen molar-refractivity contribution >= 4 is 12.1 Å². The summed E-state index contributed by atoms with van der Waals surface area (Å²) >= 11 is 0. The highest BCUT2D eigenvalue weighted by Crippen LogP contribution is 2.27. The van der Waals surface area contributed by atoms with E-state index in [1.54, 1.807) is 19.2 Å². The molecule has 0 aromatic heterocycles. The van der Waals surface area contributed by atoms with Crippen LogP contribution < -0.4 is 19.6 Å². The number of ether oxygens (including phenoxy) is 3. The molecule has 2 rings (SSSR count). The van der Waals surface area contributed by atoms with Crippen molar-refractivity contribution in [1.82, 2.24) is 5.43 Å². The van der Waals surface area contributed by atoms with Gasteiger partial charge >= 0.3 is 0 Å². The molecule has 1 N–H and O–H groups in total. The van der Waals surface area contributed by atoms with Gasteiger partial charge in [0, 0.05) is 0 Å².